The zero-order valence-corrected chi connectivity index (χ0v) is 10.4. The van der Waals surface area contributed by atoms with Gasteiger partial charge >= 0.3 is 0 Å². The molecule has 0 aliphatic heterocycles. The molecule has 0 fully saturated rings. The fraction of sp³-hybridized carbons (Fsp3) is 0.364. The second-order valence-electron chi connectivity index (χ2n) is 3.94. The number of nitrogens with two attached hydrogens (primary N) is 1. The Kier molecular flexibility index (Phi) is 3.02. The maximum absolute atomic E-state index is 11.1. The summed E-state index contributed by atoms with van der Waals surface area (Å²) in [6.07, 6.45) is 1.68. The van der Waals surface area contributed by atoms with Crippen LogP contribution in [0.1, 0.15) is 23.7 Å². The van der Waals surface area contributed by atoms with Gasteiger partial charge in [-0.2, -0.15) is 0 Å². The van der Waals surface area contributed by atoms with Crippen molar-refractivity contribution in [3.8, 4) is 0 Å². The van der Waals surface area contributed by atoms with Crippen LogP contribution in [-0.2, 0) is 11.3 Å². The second kappa shape index (κ2) is 4.33. The van der Waals surface area contributed by atoms with Crippen LogP contribution in [0.5, 0.6) is 0 Å². The van der Waals surface area contributed by atoms with Crippen molar-refractivity contribution < 1.29 is 4.79 Å². The van der Waals surface area contributed by atoms with Crippen molar-refractivity contribution >= 4 is 28.7 Å². The van der Waals surface area contributed by atoms with Crippen molar-refractivity contribution in [2.75, 3.05) is 0 Å². The Balaban J connectivity index is 2.71. The number of aromatic nitrogens is 3. The molecule has 0 aliphatic rings. The number of hydrogen-bond donors (Lipinski definition) is 1. The number of halogens is 1. The van der Waals surface area contributed by atoms with Gasteiger partial charge in [0.15, 0.2) is 5.65 Å². The zero-order valence-electron chi connectivity index (χ0n) is 9.64. The molecule has 0 aromatic carbocycles. The van der Waals surface area contributed by atoms with E-state index < -0.39 is 5.91 Å². The number of fused-ring (bicyclic) bond motifs is 1. The number of aryl methyl sites for hydroxylation is 1. The molecule has 0 aliphatic carbocycles. The average molecular weight is 253 g/mol. The first-order chi connectivity index (χ1) is 8.00. The van der Waals surface area contributed by atoms with Crippen LogP contribution < -0.4 is 5.73 Å². The van der Waals surface area contributed by atoms with E-state index in [9.17, 15) is 4.79 Å². The molecule has 0 spiro atoms. The molecule has 2 rings (SSSR count). The van der Waals surface area contributed by atoms with Gasteiger partial charge in [-0.25, -0.2) is 9.97 Å². The van der Waals surface area contributed by atoms with Crippen LogP contribution in [0.15, 0.2) is 12.3 Å². The first-order valence-corrected chi connectivity index (χ1v) is 5.68. The summed E-state index contributed by atoms with van der Waals surface area (Å²) >= 11 is 6.05. The molecule has 90 valence electrons. The van der Waals surface area contributed by atoms with Gasteiger partial charge in [0.2, 0.25) is 5.91 Å². The molecule has 5 nitrogen and oxygen atoms in total. The lowest BCUT2D eigenvalue weighted by Gasteiger charge is -2.07. The molecule has 17 heavy (non-hydrogen) atoms. The molecule has 0 bridgehead atoms. The van der Waals surface area contributed by atoms with Gasteiger partial charge in [0.1, 0.15) is 17.9 Å². The van der Waals surface area contributed by atoms with Crippen LogP contribution in [-0.4, -0.2) is 20.4 Å². The summed E-state index contributed by atoms with van der Waals surface area (Å²) in [7, 11) is 0. The largest absolute Gasteiger partial charge is 0.368 e. The molecule has 1 unspecified atom stereocenters. The highest BCUT2D eigenvalue weighted by molar-refractivity contribution is 6.20. The summed E-state index contributed by atoms with van der Waals surface area (Å²) in [6.45, 7) is 3.78. The molecule has 6 heteroatoms. The van der Waals surface area contributed by atoms with Crippen LogP contribution in [0.25, 0.3) is 11.2 Å². The predicted molar refractivity (Wildman–Crippen MR) is 65.7 cm³/mol. The Bertz CT molecular complexity index is 576. The van der Waals surface area contributed by atoms with Crippen LogP contribution in [0.4, 0.5) is 0 Å². The molecule has 0 saturated carbocycles. The van der Waals surface area contributed by atoms with Gasteiger partial charge in [-0.3, -0.25) is 4.79 Å². The van der Waals surface area contributed by atoms with Crippen molar-refractivity contribution in [1.29, 1.82) is 0 Å². The zero-order chi connectivity index (χ0) is 12.6. The van der Waals surface area contributed by atoms with Gasteiger partial charge in [0.05, 0.1) is 5.38 Å². The predicted octanol–water partition coefficient (Wildman–Crippen LogP) is 1.52. The van der Waals surface area contributed by atoms with E-state index >= 15 is 0 Å². The molecule has 1 atom stereocenters. The van der Waals surface area contributed by atoms with Gasteiger partial charge in [0.25, 0.3) is 0 Å². The number of imidazole rings is 1. The molecular formula is C11H13ClN4O. The number of hydrogen-bond acceptors (Lipinski definition) is 3. The lowest BCUT2D eigenvalue weighted by atomic mass is 10.3. The molecule has 1 amide bonds. The van der Waals surface area contributed by atoms with Crippen molar-refractivity contribution in [3.63, 3.8) is 0 Å². The summed E-state index contributed by atoms with van der Waals surface area (Å²) in [5.74, 6) is 0.174. The standard InChI is InChI=1S/C11H13ClN4O/c1-6-3-4-14-11-9(6)15-10(7(2)12)16(11)5-8(13)17/h3-4,7H,5H2,1-2H3,(H2,13,17). The summed E-state index contributed by atoms with van der Waals surface area (Å²) in [4.78, 5) is 19.7. The Morgan fingerprint density at radius 2 is 2.35 bits per heavy atom. The third-order valence-electron chi connectivity index (χ3n) is 2.53. The number of carbonyl (C=O) groups is 1. The van der Waals surface area contributed by atoms with Gasteiger partial charge in [-0.15, -0.1) is 11.6 Å². The van der Waals surface area contributed by atoms with E-state index in [1.807, 2.05) is 13.0 Å². The van der Waals surface area contributed by atoms with Crippen LogP contribution in [0.2, 0.25) is 0 Å². The molecular weight excluding hydrogens is 240 g/mol. The van der Waals surface area contributed by atoms with Crippen LogP contribution in [0.3, 0.4) is 0 Å². The molecule has 2 heterocycles. The topological polar surface area (TPSA) is 73.8 Å². The van der Waals surface area contributed by atoms with Gasteiger partial charge < -0.3 is 10.3 Å². The highest BCUT2D eigenvalue weighted by atomic mass is 35.5. The molecule has 2 aromatic heterocycles. The minimum atomic E-state index is -0.439. The highest BCUT2D eigenvalue weighted by Crippen LogP contribution is 2.24. The molecule has 2 N–H and O–H groups in total. The summed E-state index contributed by atoms with van der Waals surface area (Å²) in [5.41, 5.74) is 7.63. The summed E-state index contributed by atoms with van der Waals surface area (Å²) in [5, 5.41) is -0.303. The normalized spacial score (nSPS) is 12.9. The monoisotopic (exact) mass is 252 g/mol. The fourth-order valence-corrected chi connectivity index (χ4v) is 1.94. The van der Waals surface area contributed by atoms with E-state index in [1.165, 1.54) is 0 Å². The van der Waals surface area contributed by atoms with Gasteiger partial charge in [-0.05, 0) is 25.5 Å². The van der Waals surface area contributed by atoms with E-state index in [-0.39, 0.29) is 11.9 Å². The number of rotatable bonds is 3. The lowest BCUT2D eigenvalue weighted by Crippen LogP contribution is -2.20. The van der Waals surface area contributed by atoms with E-state index in [1.54, 1.807) is 17.7 Å². The second-order valence-corrected chi connectivity index (χ2v) is 4.59. The average Bonchev–Trinajstić information content (AvgIpc) is 2.58. The summed E-state index contributed by atoms with van der Waals surface area (Å²) < 4.78 is 1.67. The Morgan fingerprint density at radius 1 is 1.65 bits per heavy atom. The number of nitrogens with zero attached hydrogens (tertiary/aromatic N) is 3. The first kappa shape index (κ1) is 11.9. The van der Waals surface area contributed by atoms with Gasteiger partial charge in [-0.1, -0.05) is 0 Å². The van der Waals surface area contributed by atoms with Crippen LogP contribution >= 0.6 is 11.6 Å². The molecule has 2 aromatic rings. The van der Waals surface area contributed by atoms with E-state index in [2.05, 4.69) is 9.97 Å². The van der Waals surface area contributed by atoms with E-state index in [0.29, 0.717) is 11.5 Å². The first-order valence-electron chi connectivity index (χ1n) is 5.25. The van der Waals surface area contributed by atoms with Crippen LogP contribution in [0, 0.1) is 6.92 Å². The van der Waals surface area contributed by atoms with Crippen molar-refractivity contribution in [2.45, 2.75) is 25.8 Å². The smallest absolute Gasteiger partial charge is 0.237 e. The van der Waals surface area contributed by atoms with Crippen molar-refractivity contribution in [1.82, 2.24) is 14.5 Å². The molecule has 0 saturated heterocycles. The SMILES string of the molecule is Cc1ccnc2c1nc(C(C)Cl)n2CC(N)=O. The number of carbonyl (C=O) groups excluding carboxylic acids is 1. The number of pyridine rings is 1. The Morgan fingerprint density at radius 3 is 2.94 bits per heavy atom. The van der Waals surface area contributed by atoms with E-state index in [0.717, 1.165) is 11.1 Å². The molecule has 0 radical (unpaired) electrons. The number of amides is 1. The third kappa shape index (κ3) is 2.10. The van der Waals surface area contributed by atoms with Crippen molar-refractivity contribution in [3.05, 3.63) is 23.7 Å². The third-order valence-corrected chi connectivity index (χ3v) is 2.73. The maximum atomic E-state index is 11.1. The minimum absolute atomic E-state index is 0.0410. The van der Waals surface area contributed by atoms with Gasteiger partial charge in [0, 0.05) is 6.20 Å². The quantitative estimate of drug-likeness (QED) is 0.842. The summed E-state index contributed by atoms with van der Waals surface area (Å²) in [6, 6.07) is 1.87. The number of alkyl halides is 1. The highest BCUT2D eigenvalue weighted by Gasteiger charge is 2.17. The fourth-order valence-electron chi connectivity index (χ4n) is 1.77. The minimum Gasteiger partial charge on any atom is -0.368 e. The maximum Gasteiger partial charge on any atom is 0.237 e. The van der Waals surface area contributed by atoms with Crippen molar-refractivity contribution in [2.24, 2.45) is 5.73 Å². The Hall–Kier alpha value is -1.62. The number of primary amides is 1. The Labute approximate surface area is 104 Å². The van der Waals surface area contributed by atoms with E-state index in [4.69, 9.17) is 17.3 Å². The lowest BCUT2D eigenvalue weighted by molar-refractivity contribution is -0.118.